The summed E-state index contributed by atoms with van der Waals surface area (Å²) in [7, 11) is -3.64. The molecule has 5 nitrogen and oxygen atoms in total. The second-order valence-corrected chi connectivity index (χ2v) is 7.25. The van der Waals surface area contributed by atoms with E-state index in [4.69, 9.17) is 5.26 Å². The molecule has 1 unspecified atom stereocenters. The van der Waals surface area contributed by atoms with Crippen LogP contribution in [0.15, 0.2) is 0 Å². The lowest BCUT2D eigenvalue weighted by molar-refractivity contribution is -0.00185. The lowest BCUT2D eigenvalue weighted by atomic mass is 9.80. The molecule has 1 aliphatic carbocycles. The zero-order valence-electron chi connectivity index (χ0n) is 11.0. The van der Waals surface area contributed by atoms with Gasteiger partial charge in [0.1, 0.15) is 0 Å². The Labute approximate surface area is 109 Å². The number of hydrogen-bond acceptors (Lipinski definition) is 4. The maximum Gasteiger partial charge on any atom is 0.228 e. The molecule has 0 spiro atoms. The molecule has 0 radical (unpaired) electrons. The Morgan fingerprint density at radius 1 is 1.50 bits per heavy atom. The summed E-state index contributed by atoms with van der Waals surface area (Å²) < 4.78 is 26.0. The van der Waals surface area contributed by atoms with Gasteiger partial charge in [0.25, 0.3) is 0 Å². The van der Waals surface area contributed by atoms with Crippen LogP contribution < -0.4 is 4.72 Å². The Morgan fingerprint density at radius 3 is 2.50 bits per heavy atom. The van der Waals surface area contributed by atoms with E-state index in [1.165, 1.54) is 0 Å². The molecule has 0 saturated heterocycles. The SMILES string of the molecule is CCC(C#N)S(=O)(=O)NCC1(O)CCC(C)CC1. The lowest BCUT2D eigenvalue weighted by Crippen LogP contribution is -2.47. The van der Waals surface area contributed by atoms with Crippen molar-refractivity contribution in [2.24, 2.45) is 5.92 Å². The molecular formula is C12H22N2O3S. The molecule has 1 fully saturated rings. The van der Waals surface area contributed by atoms with Gasteiger partial charge >= 0.3 is 0 Å². The maximum atomic E-state index is 11.8. The van der Waals surface area contributed by atoms with Gasteiger partial charge in [0.15, 0.2) is 5.25 Å². The first-order valence-corrected chi connectivity index (χ1v) is 7.98. The van der Waals surface area contributed by atoms with Crippen molar-refractivity contribution in [1.82, 2.24) is 4.72 Å². The smallest absolute Gasteiger partial charge is 0.228 e. The fourth-order valence-electron chi connectivity index (χ4n) is 2.19. The first-order chi connectivity index (χ1) is 8.33. The lowest BCUT2D eigenvalue weighted by Gasteiger charge is -2.35. The molecule has 1 saturated carbocycles. The van der Waals surface area contributed by atoms with Crippen LogP contribution in [-0.2, 0) is 10.0 Å². The first kappa shape index (κ1) is 15.4. The Kier molecular flexibility index (Phi) is 5.14. The van der Waals surface area contributed by atoms with Gasteiger partial charge in [-0.05, 0) is 38.0 Å². The van der Waals surface area contributed by atoms with E-state index in [1.54, 1.807) is 13.0 Å². The van der Waals surface area contributed by atoms with Gasteiger partial charge in [-0.1, -0.05) is 13.8 Å². The molecule has 0 aromatic heterocycles. The zero-order chi connectivity index (χ0) is 13.8. The second kappa shape index (κ2) is 6.00. The van der Waals surface area contributed by atoms with Crippen LogP contribution in [-0.4, -0.2) is 30.9 Å². The molecule has 0 aliphatic heterocycles. The van der Waals surface area contributed by atoms with Crippen molar-refractivity contribution >= 4 is 10.0 Å². The number of rotatable bonds is 5. The highest BCUT2D eigenvalue weighted by Crippen LogP contribution is 2.31. The molecule has 0 aromatic carbocycles. The van der Waals surface area contributed by atoms with Crippen LogP contribution in [0.4, 0.5) is 0 Å². The zero-order valence-corrected chi connectivity index (χ0v) is 11.8. The molecule has 6 heteroatoms. The summed E-state index contributed by atoms with van der Waals surface area (Å²) in [5.74, 6) is 0.587. The van der Waals surface area contributed by atoms with Crippen LogP contribution in [0.5, 0.6) is 0 Å². The second-order valence-electron chi connectivity index (χ2n) is 5.30. The third-order valence-corrected chi connectivity index (χ3v) is 5.43. The summed E-state index contributed by atoms with van der Waals surface area (Å²) in [5, 5.41) is 18.0. The van der Waals surface area contributed by atoms with E-state index in [1.807, 2.05) is 0 Å². The van der Waals surface area contributed by atoms with E-state index in [0.717, 1.165) is 12.8 Å². The molecule has 2 N–H and O–H groups in total. The monoisotopic (exact) mass is 274 g/mol. The molecule has 0 bridgehead atoms. The Morgan fingerprint density at radius 2 is 2.06 bits per heavy atom. The van der Waals surface area contributed by atoms with Crippen molar-refractivity contribution in [1.29, 1.82) is 5.26 Å². The fourth-order valence-corrected chi connectivity index (χ4v) is 3.44. The Hall–Kier alpha value is -0.640. The quantitative estimate of drug-likeness (QED) is 0.787. The number of sulfonamides is 1. The highest BCUT2D eigenvalue weighted by atomic mass is 32.2. The van der Waals surface area contributed by atoms with E-state index in [9.17, 15) is 13.5 Å². The third-order valence-electron chi connectivity index (χ3n) is 3.70. The third kappa shape index (κ3) is 3.94. The Bertz CT molecular complexity index is 406. The number of aliphatic hydroxyl groups is 1. The summed E-state index contributed by atoms with van der Waals surface area (Å²) in [5.41, 5.74) is -0.951. The predicted octanol–water partition coefficient (Wildman–Crippen LogP) is 1.15. The molecule has 1 aliphatic rings. The molecule has 0 amide bonds. The number of hydrogen-bond donors (Lipinski definition) is 2. The van der Waals surface area contributed by atoms with Gasteiger partial charge in [-0.15, -0.1) is 0 Å². The maximum absolute atomic E-state index is 11.8. The van der Waals surface area contributed by atoms with Gasteiger partial charge < -0.3 is 5.11 Å². The van der Waals surface area contributed by atoms with Crippen LogP contribution in [0.2, 0.25) is 0 Å². The summed E-state index contributed by atoms with van der Waals surface area (Å²) >= 11 is 0. The highest BCUT2D eigenvalue weighted by Gasteiger charge is 2.34. The summed E-state index contributed by atoms with van der Waals surface area (Å²) in [6.45, 7) is 3.80. The molecule has 1 rings (SSSR count). The van der Waals surface area contributed by atoms with E-state index in [0.29, 0.717) is 18.8 Å². The summed E-state index contributed by atoms with van der Waals surface area (Å²) in [6.07, 6.45) is 3.29. The number of nitrogens with one attached hydrogen (secondary N) is 1. The standard InChI is InChI=1S/C12H22N2O3S/c1-3-11(8-13)18(16,17)14-9-12(15)6-4-10(2)5-7-12/h10-11,14-15H,3-7,9H2,1-2H3. The van der Waals surface area contributed by atoms with Crippen molar-refractivity contribution in [2.45, 2.75) is 56.8 Å². The average molecular weight is 274 g/mol. The van der Waals surface area contributed by atoms with Crippen LogP contribution in [0, 0.1) is 17.2 Å². The summed E-state index contributed by atoms with van der Waals surface area (Å²) in [4.78, 5) is 0. The van der Waals surface area contributed by atoms with Gasteiger partial charge in [-0.2, -0.15) is 5.26 Å². The molecule has 0 aromatic rings. The number of nitriles is 1. The van der Waals surface area contributed by atoms with E-state index in [2.05, 4.69) is 11.6 Å². The van der Waals surface area contributed by atoms with Crippen molar-refractivity contribution in [2.75, 3.05) is 6.54 Å². The topological polar surface area (TPSA) is 90.2 Å². The molecule has 0 heterocycles. The van der Waals surface area contributed by atoms with Crippen LogP contribution >= 0.6 is 0 Å². The van der Waals surface area contributed by atoms with Gasteiger partial charge in [0, 0.05) is 6.54 Å². The average Bonchev–Trinajstić information content (AvgIpc) is 2.33. The Balaban J connectivity index is 2.57. The van der Waals surface area contributed by atoms with Crippen molar-refractivity contribution in [3.05, 3.63) is 0 Å². The number of nitrogens with zero attached hydrogens (tertiary/aromatic N) is 1. The molecule has 104 valence electrons. The minimum absolute atomic E-state index is 0.0141. The van der Waals surface area contributed by atoms with E-state index in [-0.39, 0.29) is 13.0 Å². The van der Waals surface area contributed by atoms with Crippen molar-refractivity contribution < 1.29 is 13.5 Å². The van der Waals surface area contributed by atoms with Crippen LogP contribution in [0.3, 0.4) is 0 Å². The normalized spacial score (nSPS) is 30.7. The van der Waals surface area contributed by atoms with Gasteiger partial charge in [-0.25, -0.2) is 13.1 Å². The van der Waals surface area contributed by atoms with Crippen molar-refractivity contribution in [3.8, 4) is 6.07 Å². The van der Waals surface area contributed by atoms with Crippen molar-refractivity contribution in [3.63, 3.8) is 0 Å². The largest absolute Gasteiger partial charge is 0.389 e. The predicted molar refractivity (Wildman–Crippen MR) is 69.2 cm³/mol. The molecular weight excluding hydrogens is 252 g/mol. The van der Waals surface area contributed by atoms with E-state index < -0.39 is 20.9 Å². The van der Waals surface area contributed by atoms with Gasteiger partial charge in [0.2, 0.25) is 10.0 Å². The molecule has 18 heavy (non-hydrogen) atoms. The summed E-state index contributed by atoms with van der Waals surface area (Å²) in [6, 6.07) is 1.77. The minimum atomic E-state index is -3.64. The molecule has 1 atom stereocenters. The van der Waals surface area contributed by atoms with Gasteiger partial charge in [0.05, 0.1) is 11.7 Å². The van der Waals surface area contributed by atoms with Crippen LogP contribution in [0.1, 0.15) is 46.0 Å². The minimum Gasteiger partial charge on any atom is -0.389 e. The van der Waals surface area contributed by atoms with Crippen LogP contribution in [0.25, 0.3) is 0 Å². The highest BCUT2D eigenvalue weighted by molar-refractivity contribution is 7.90. The fraction of sp³-hybridized carbons (Fsp3) is 0.917. The first-order valence-electron chi connectivity index (χ1n) is 6.43. The van der Waals surface area contributed by atoms with E-state index >= 15 is 0 Å². The van der Waals surface area contributed by atoms with Gasteiger partial charge in [-0.3, -0.25) is 0 Å².